The molecule has 1 aromatic rings. The van der Waals surface area contributed by atoms with Crippen molar-refractivity contribution in [3.63, 3.8) is 0 Å². The lowest BCUT2D eigenvalue weighted by molar-refractivity contribution is 0.101. The molecule has 0 aliphatic rings. The first kappa shape index (κ1) is 8.68. The van der Waals surface area contributed by atoms with Gasteiger partial charge in [0.1, 0.15) is 5.69 Å². The van der Waals surface area contributed by atoms with Gasteiger partial charge in [-0.25, -0.2) is 4.98 Å². The smallest absolute Gasteiger partial charge is 0.197 e. The van der Waals surface area contributed by atoms with Gasteiger partial charge in [0, 0.05) is 4.88 Å². The number of carbonyl (C=O) groups excluding carboxylic acids is 1. The van der Waals surface area contributed by atoms with E-state index in [9.17, 15) is 4.79 Å². The second kappa shape index (κ2) is 3.32. The highest BCUT2D eigenvalue weighted by molar-refractivity contribution is 7.11. The molecule has 4 heteroatoms. The minimum absolute atomic E-state index is 0.0179. The number of nitrogens with zero attached hydrogens (tertiary/aromatic N) is 1. The molecular formula is C7H8ClNOS. The minimum atomic E-state index is -0.0893. The van der Waals surface area contributed by atoms with Crippen LogP contribution in [0.1, 0.15) is 20.4 Å². The second-order valence-corrected chi connectivity index (χ2v) is 3.87. The van der Waals surface area contributed by atoms with Gasteiger partial charge >= 0.3 is 0 Å². The van der Waals surface area contributed by atoms with E-state index in [-0.39, 0.29) is 11.7 Å². The average molecular weight is 190 g/mol. The van der Waals surface area contributed by atoms with Crippen LogP contribution in [-0.2, 0) is 0 Å². The Hall–Kier alpha value is -0.410. The molecule has 0 fully saturated rings. The van der Waals surface area contributed by atoms with E-state index in [1.807, 2.05) is 13.8 Å². The van der Waals surface area contributed by atoms with Crippen molar-refractivity contribution >= 4 is 28.7 Å². The van der Waals surface area contributed by atoms with Crippen LogP contribution in [0.25, 0.3) is 0 Å². The van der Waals surface area contributed by atoms with E-state index in [2.05, 4.69) is 4.98 Å². The number of halogens is 1. The largest absolute Gasteiger partial charge is 0.291 e. The molecule has 0 unspecified atom stereocenters. The Morgan fingerprint density at radius 3 is 2.64 bits per heavy atom. The molecule has 0 saturated carbocycles. The Morgan fingerprint density at radius 1 is 1.64 bits per heavy atom. The molecule has 0 bridgehead atoms. The quantitative estimate of drug-likeness (QED) is 0.527. The number of Topliss-reactive ketones (excluding diaryl/α,β-unsaturated/α-hetero) is 1. The summed E-state index contributed by atoms with van der Waals surface area (Å²) in [6.45, 7) is 3.76. The van der Waals surface area contributed by atoms with E-state index in [0.717, 1.165) is 9.88 Å². The molecule has 0 aromatic carbocycles. The number of carbonyl (C=O) groups is 1. The summed E-state index contributed by atoms with van der Waals surface area (Å²) in [5, 5.41) is 0.913. The van der Waals surface area contributed by atoms with Gasteiger partial charge in [0.2, 0.25) is 0 Å². The van der Waals surface area contributed by atoms with Gasteiger partial charge in [-0.2, -0.15) is 0 Å². The predicted octanol–water partition coefficient (Wildman–Crippen LogP) is 2.18. The first-order valence-electron chi connectivity index (χ1n) is 3.18. The molecular weight excluding hydrogens is 182 g/mol. The average Bonchev–Trinajstić information content (AvgIpc) is 2.28. The number of aryl methyl sites for hydroxylation is 2. The molecule has 0 N–H and O–H groups in total. The van der Waals surface area contributed by atoms with Gasteiger partial charge in [-0.3, -0.25) is 4.79 Å². The maximum atomic E-state index is 11.1. The zero-order chi connectivity index (χ0) is 8.43. The first-order chi connectivity index (χ1) is 5.15. The van der Waals surface area contributed by atoms with Crippen LogP contribution in [0.3, 0.4) is 0 Å². The van der Waals surface area contributed by atoms with Crippen LogP contribution in [0, 0.1) is 13.8 Å². The fourth-order valence-electron chi connectivity index (χ4n) is 0.851. The lowest BCUT2D eigenvalue weighted by Crippen LogP contribution is -2.02. The summed E-state index contributed by atoms with van der Waals surface area (Å²) in [7, 11) is 0. The molecule has 0 atom stereocenters. The zero-order valence-corrected chi connectivity index (χ0v) is 7.92. The van der Waals surface area contributed by atoms with Crippen LogP contribution in [0.5, 0.6) is 0 Å². The minimum Gasteiger partial charge on any atom is -0.291 e. The van der Waals surface area contributed by atoms with Crippen LogP contribution < -0.4 is 0 Å². The van der Waals surface area contributed by atoms with Gasteiger partial charge in [0.25, 0.3) is 0 Å². The van der Waals surface area contributed by atoms with Crippen molar-refractivity contribution < 1.29 is 4.79 Å². The maximum Gasteiger partial charge on any atom is 0.197 e. The third kappa shape index (κ3) is 1.79. The molecule has 0 radical (unpaired) electrons. The van der Waals surface area contributed by atoms with Crippen LogP contribution in [-0.4, -0.2) is 16.6 Å². The van der Waals surface area contributed by atoms with Gasteiger partial charge in [0.05, 0.1) is 10.9 Å². The van der Waals surface area contributed by atoms with Gasteiger partial charge in [-0.1, -0.05) is 0 Å². The Morgan fingerprint density at radius 2 is 2.27 bits per heavy atom. The lowest BCUT2D eigenvalue weighted by Gasteiger charge is -1.89. The summed E-state index contributed by atoms with van der Waals surface area (Å²) in [6.07, 6.45) is 0. The fraction of sp³-hybridized carbons (Fsp3) is 0.429. The molecule has 11 heavy (non-hydrogen) atoms. The molecule has 2 nitrogen and oxygen atoms in total. The summed E-state index contributed by atoms with van der Waals surface area (Å²) >= 11 is 6.91. The van der Waals surface area contributed by atoms with Gasteiger partial charge in [-0.15, -0.1) is 22.9 Å². The third-order valence-electron chi connectivity index (χ3n) is 1.29. The third-order valence-corrected chi connectivity index (χ3v) is 2.42. The van der Waals surface area contributed by atoms with E-state index in [1.165, 1.54) is 11.3 Å². The Bertz CT molecular complexity index is 282. The standard InChI is InChI=1S/C7H8ClNOS/c1-4-7(6(10)3-8)9-5(2)11-4/h3H2,1-2H3. The van der Waals surface area contributed by atoms with Crippen LogP contribution in [0.4, 0.5) is 0 Å². The summed E-state index contributed by atoms with van der Waals surface area (Å²) in [5.41, 5.74) is 0.530. The van der Waals surface area contributed by atoms with Crippen molar-refractivity contribution in [2.75, 3.05) is 5.88 Å². The molecule has 60 valence electrons. The van der Waals surface area contributed by atoms with Gasteiger partial charge < -0.3 is 0 Å². The maximum absolute atomic E-state index is 11.1. The van der Waals surface area contributed by atoms with Crippen molar-refractivity contribution in [2.24, 2.45) is 0 Å². The Balaban J connectivity index is 3.03. The van der Waals surface area contributed by atoms with E-state index in [0.29, 0.717) is 5.69 Å². The van der Waals surface area contributed by atoms with E-state index in [1.54, 1.807) is 0 Å². The van der Waals surface area contributed by atoms with Crippen LogP contribution in [0.15, 0.2) is 0 Å². The van der Waals surface area contributed by atoms with Crippen molar-refractivity contribution in [3.05, 3.63) is 15.6 Å². The normalized spacial score (nSPS) is 10.1. The fourth-order valence-corrected chi connectivity index (χ4v) is 1.81. The molecule has 0 aliphatic carbocycles. The van der Waals surface area contributed by atoms with E-state index in [4.69, 9.17) is 11.6 Å². The van der Waals surface area contributed by atoms with Crippen LogP contribution in [0.2, 0.25) is 0 Å². The van der Waals surface area contributed by atoms with Crippen molar-refractivity contribution in [3.8, 4) is 0 Å². The first-order valence-corrected chi connectivity index (χ1v) is 4.53. The summed E-state index contributed by atoms with van der Waals surface area (Å²) in [6, 6.07) is 0. The second-order valence-electron chi connectivity index (χ2n) is 2.19. The summed E-state index contributed by atoms with van der Waals surface area (Å²) in [5.74, 6) is -0.0715. The van der Waals surface area contributed by atoms with E-state index >= 15 is 0 Å². The van der Waals surface area contributed by atoms with Crippen molar-refractivity contribution in [1.82, 2.24) is 4.98 Å². The molecule has 1 heterocycles. The number of aromatic nitrogens is 1. The van der Waals surface area contributed by atoms with Crippen molar-refractivity contribution in [1.29, 1.82) is 0 Å². The van der Waals surface area contributed by atoms with E-state index < -0.39 is 0 Å². The molecule has 0 amide bonds. The Labute approximate surface area is 74.2 Å². The summed E-state index contributed by atoms with van der Waals surface area (Å²) < 4.78 is 0. The number of hydrogen-bond donors (Lipinski definition) is 0. The molecule has 1 aromatic heterocycles. The molecule has 0 aliphatic heterocycles. The topological polar surface area (TPSA) is 30.0 Å². The highest BCUT2D eigenvalue weighted by Crippen LogP contribution is 2.16. The number of rotatable bonds is 2. The van der Waals surface area contributed by atoms with Crippen LogP contribution >= 0.6 is 22.9 Å². The number of thiazole rings is 1. The highest BCUT2D eigenvalue weighted by Gasteiger charge is 2.11. The highest BCUT2D eigenvalue weighted by atomic mass is 35.5. The van der Waals surface area contributed by atoms with Gasteiger partial charge in [0.15, 0.2) is 5.78 Å². The number of hydrogen-bond acceptors (Lipinski definition) is 3. The molecule has 1 rings (SSSR count). The number of alkyl halides is 1. The Kier molecular flexibility index (Phi) is 2.62. The predicted molar refractivity (Wildman–Crippen MR) is 46.6 cm³/mol. The SMILES string of the molecule is Cc1nc(C(=O)CCl)c(C)s1. The lowest BCUT2D eigenvalue weighted by atomic mass is 10.3. The monoisotopic (exact) mass is 189 g/mol. The molecule has 0 spiro atoms. The van der Waals surface area contributed by atoms with Crippen molar-refractivity contribution in [2.45, 2.75) is 13.8 Å². The van der Waals surface area contributed by atoms with Gasteiger partial charge in [-0.05, 0) is 13.8 Å². The summed E-state index contributed by atoms with van der Waals surface area (Å²) in [4.78, 5) is 16.1. The number of ketones is 1. The molecule has 0 saturated heterocycles. The zero-order valence-electron chi connectivity index (χ0n) is 6.35.